The van der Waals surface area contributed by atoms with Gasteiger partial charge in [0, 0.05) is 56.5 Å². The van der Waals surface area contributed by atoms with E-state index in [0.717, 1.165) is 43.4 Å². The molecule has 7 heteroatoms. The van der Waals surface area contributed by atoms with Crippen molar-refractivity contribution < 1.29 is 24.1 Å². The first kappa shape index (κ1) is 22.9. The van der Waals surface area contributed by atoms with Crippen LogP contribution < -0.4 is 19.1 Å². The first-order valence-corrected chi connectivity index (χ1v) is 10.7. The number of rotatable bonds is 10. The number of anilines is 1. The molecule has 1 heterocycles. The summed E-state index contributed by atoms with van der Waals surface area (Å²) in [4.78, 5) is 16.2. The van der Waals surface area contributed by atoms with Crippen LogP contribution in [0.1, 0.15) is 23.7 Å². The molecule has 1 atom stereocenters. The number of carbonyl (C=O) groups is 1. The van der Waals surface area contributed by atoms with E-state index in [1.165, 1.54) is 0 Å². The lowest BCUT2D eigenvalue weighted by atomic mass is 10.1. The van der Waals surface area contributed by atoms with Crippen molar-refractivity contribution in [2.24, 2.45) is 0 Å². The normalized spacial score (nSPS) is 15.4. The van der Waals surface area contributed by atoms with Crippen molar-refractivity contribution in [2.45, 2.75) is 19.4 Å². The van der Waals surface area contributed by atoms with Crippen molar-refractivity contribution in [2.75, 3.05) is 58.5 Å². The molecule has 1 N–H and O–H groups in total. The highest BCUT2D eigenvalue weighted by Gasteiger charge is 2.20. The monoisotopic (exact) mass is 428 g/mol. The summed E-state index contributed by atoms with van der Waals surface area (Å²) >= 11 is 0. The van der Waals surface area contributed by atoms with Crippen molar-refractivity contribution in [1.29, 1.82) is 0 Å². The maximum Gasteiger partial charge on any atom is 0.162 e. The Hall–Kier alpha value is -2.77. The topological polar surface area (TPSA) is 71.5 Å². The second kappa shape index (κ2) is 11.0. The number of aliphatic hydroxyl groups is 1. The van der Waals surface area contributed by atoms with Crippen LogP contribution in [-0.2, 0) is 0 Å². The smallest absolute Gasteiger partial charge is 0.162 e. The van der Waals surface area contributed by atoms with Crippen LogP contribution in [0.3, 0.4) is 0 Å². The SMILES string of the molecule is CCC(=O)c1ccc(OCC(O)CN2CCN(c3ccc(OC)c(OC)c3)CC2)cc1. The summed E-state index contributed by atoms with van der Waals surface area (Å²) < 4.78 is 16.4. The number of methoxy groups -OCH3 is 2. The lowest BCUT2D eigenvalue weighted by Gasteiger charge is -2.37. The molecule has 1 fully saturated rings. The molecule has 0 radical (unpaired) electrons. The Morgan fingerprint density at radius 3 is 2.29 bits per heavy atom. The number of carbonyl (C=O) groups excluding carboxylic acids is 1. The predicted octanol–water partition coefficient (Wildman–Crippen LogP) is 2.86. The van der Waals surface area contributed by atoms with Crippen LogP contribution in [0, 0.1) is 0 Å². The van der Waals surface area contributed by atoms with E-state index in [4.69, 9.17) is 14.2 Å². The van der Waals surface area contributed by atoms with Gasteiger partial charge in [0.25, 0.3) is 0 Å². The fourth-order valence-electron chi connectivity index (χ4n) is 3.69. The van der Waals surface area contributed by atoms with E-state index in [9.17, 15) is 9.90 Å². The third-order valence-electron chi connectivity index (χ3n) is 5.51. The molecule has 0 bridgehead atoms. The molecule has 3 rings (SSSR count). The quantitative estimate of drug-likeness (QED) is 0.584. The van der Waals surface area contributed by atoms with Crippen molar-refractivity contribution in [3.8, 4) is 17.2 Å². The van der Waals surface area contributed by atoms with Gasteiger partial charge in [-0.25, -0.2) is 0 Å². The van der Waals surface area contributed by atoms with Gasteiger partial charge >= 0.3 is 0 Å². The second-order valence-electron chi connectivity index (χ2n) is 7.59. The lowest BCUT2D eigenvalue weighted by Crippen LogP contribution is -2.49. The van der Waals surface area contributed by atoms with Gasteiger partial charge in [-0.1, -0.05) is 6.92 Å². The van der Waals surface area contributed by atoms with Crippen molar-refractivity contribution in [1.82, 2.24) is 4.90 Å². The Labute approximate surface area is 184 Å². The average Bonchev–Trinajstić information content (AvgIpc) is 2.82. The van der Waals surface area contributed by atoms with Gasteiger partial charge in [-0.05, 0) is 36.4 Å². The van der Waals surface area contributed by atoms with E-state index in [-0.39, 0.29) is 12.4 Å². The van der Waals surface area contributed by atoms with E-state index >= 15 is 0 Å². The predicted molar refractivity (Wildman–Crippen MR) is 121 cm³/mol. The molecular formula is C24H32N2O5. The van der Waals surface area contributed by atoms with Gasteiger partial charge in [-0.3, -0.25) is 9.69 Å². The fourth-order valence-corrected chi connectivity index (χ4v) is 3.69. The van der Waals surface area contributed by atoms with Crippen LogP contribution in [0.15, 0.2) is 42.5 Å². The van der Waals surface area contributed by atoms with Gasteiger partial charge in [-0.2, -0.15) is 0 Å². The van der Waals surface area contributed by atoms with Gasteiger partial charge in [0.2, 0.25) is 0 Å². The number of benzene rings is 2. The molecule has 0 aliphatic carbocycles. The summed E-state index contributed by atoms with van der Waals surface area (Å²) in [6.45, 7) is 6.09. The molecule has 0 saturated carbocycles. The summed E-state index contributed by atoms with van der Waals surface area (Å²) in [7, 11) is 3.27. The number of aliphatic hydroxyl groups excluding tert-OH is 1. The molecule has 31 heavy (non-hydrogen) atoms. The van der Waals surface area contributed by atoms with Crippen LogP contribution in [0.25, 0.3) is 0 Å². The minimum Gasteiger partial charge on any atom is -0.493 e. The molecule has 0 aromatic heterocycles. The number of piperazine rings is 1. The van der Waals surface area contributed by atoms with Gasteiger partial charge in [0.15, 0.2) is 17.3 Å². The Bertz CT molecular complexity index is 848. The summed E-state index contributed by atoms with van der Waals surface area (Å²) in [5.74, 6) is 2.21. The third kappa shape index (κ3) is 6.12. The maximum atomic E-state index is 11.7. The zero-order valence-corrected chi connectivity index (χ0v) is 18.5. The van der Waals surface area contributed by atoms with Crippen LogP contribution >= 0.6 is 0 Å². The summed E-state index contributed by atoms with van der Waals surface area (Å²) in [6.07, 6.45) is -0.0948. The standard InChI is InChI=1S/C24H32N2O5/c1-4-22(28)18-5-8-21(9-6-18)31-17-20(27)16-25-11-13-26(14-12-25)19-7-10-23(29-2)24(15-19)30-3/h5-10,15,20,27H,4,11-14,16-17H2,1-3H3. The summed E-state index contributed by atoms with van der Waals surface area (Å²) in [5.41, 5.74) is 1.79. The van der Waals surface area contributed by atoms with Crippen molar-refractivity contribution >= 4 is 11.5 Å². The molecule has 1 aliphatic heterocycles. The Kier molecular flexibility index (Phi) is 8.14. The Morgan fingerprint density at radius 1 is 1.00 bits per heavy atom. The fraction of sp³-hybridized carbons (Fsp3) is 0.458. The van der Waals surface area contributed by atoms with Gasteiger partial charge in [0.1, 0.15) is 18.5 Å². The van der Waals surface area contributed by atoms with Crippen molar-refractivity contribution in [3.63, 3.8) is 0 Å². The van der Waals surface area contributed by atoms with E-state index < -0.39 is 6.10 Å². The molecule has 7 nitrogen and oxygen atoms in total. The minimum absolute atomic E-state index is 0.110. The van der Waals surface area contributed by atoms with E-state index in [1.807, 2.05) is 25.1 Å². The van der Waals surface area contributed by atoms with E-state index in [2.05, 4.69) is 9.80 Å². The molecule has 0 amide bonds. The molecule has 1 unspecified atom stereocenters. The molecule has 1 aliphatic rings. The highest BCUT2D eigenvalue weighted by atomic mass is 16.5. The van der Waals surface area contributed by atoms with Crippen LogP contribution in [0.4, 0.5) is 5.69 Å². The highest BCUT2D eigenvalue weighted by Crippen LogP contribution is 2.31. The number of hydrogen-bond acceptors (Lipinski definition) is 7. The molecular weight excluding hydrogens is 396 g/mol. The molecule has 0 spiro atoms. The van der Waals surface area contributed by atoms with Crippen LogP contribution in [0.2, 0.25) is 0 Å². The van der Waals surface area contributed by atoms with Crippen molar-refractivity contribution in [3.05, 3.63) is 48.0 Å². The highest BCUT2D eigenvalue weighted by molar-refractivity contribution is 5.95. The van der Waals surface area contributed by atoms with E-state index in [0.29, 0.717) is 24.3 Å². The molecule has 168 valence electrons. The number of hydrogen-bond donors (Lipinski definition) is 1. The summed E-state index contributed by atoms with van der Waals surface area (Å²) in [6, 6.07) is 13.0. The zero-order valence-electron chi connectivity index (χ0n) is 18.5. The number of nitrogens with zero attached hydrogens (tertiary/aromatic N) is 2. The molecule has 1 saturated heterocycles. The Balaban J connectivity index is 1.43. The molecule has 2 aromatic carbocycles. The van der Waals surface area contributed by atoms with Crippen LogP contribution in [0.5, 0.6) is 17.2 Å². The van der Waals surface area contributed by atoms with Gasteiger partial charge < -0.3 is 24.2 Å². The second-order valence-corrected chi connectivity index (χ2v) is 7.59. The Morgan fingerprint density at radius 2 is 1.68 bits per heavy atom. The zero-order chi connectivity index (χ0) is 22.2. The number of ketones is 1. The maximum absolute atomic E-state index is 11.7. The first-order chi connectivity index (χ1) is 15.0. The third-order valence-corrected chi connectivity index (χ3v) is 5.51. The summed E-state index contributed by atoms with van der Waals surface area (Å²) in [5, 5.41) is 10.4. The van der Waals surface area contributed by atoms with E-state index in [1.54, 1.807) is 38.5 Å². The minimum atomic E-state index is -0.579. The van der Waals surface area contributed by atoms with Crippen LogP contribution in [-0.4, -0.2) is 75.4 Å². The number of ether oxygens (including phenoxy) is 3. The first-order valence-electron chi connectivity index (χ1n) is 10.7. The lowest BCUT2D eigenvalue weighted by molar-refractivity contribution is 0.0663. The largest absolute Gasteiger partial charge is 0.493 e. The van der Waals surface area contributed by atoms with Gasteiger partial charge in [0.05, 0.1) is 14.2 Å². The number of β-amino-alcohol motifs (C(OH)–C–C–N with tert-alkyl or cyclic N) is 1. The number of Topliss-reactive ketones (excluding diaryl/α,β-unsaturated/α-hetero) is 1. The average molecular weight is 429 g/mol. The molecule has 2 aromatic rings. The van der Waals surface area contributed by atoms with Gasteiger partial charge in [-0.15, -0.1) is 0 Å².